The number of hydrogen-bond donors (Lipinski definition) is 2. The van der Waals surface area contributed by atoms with Crippen LogP contribution >= 0.6 is 24.8 Å². The molecule has 2 aliphatic rings. The van der Waals surface area contributed by atoms with Crippen molar-refractivity contribution in [1.29, 1.82) is 0 Å². The van der Waals surface area contributed by atoms with Gasteiger partial charge in [0.15, 0.2) is 0 Å². The van der Waals surface area contributed by atoms with Crippen LogP contribution in [0.4, 0.5) is 11.8 Å². The van der Waals surface area contributed by atoms with E-state index >= 15 is 0 Å². The van der Waals surface area contributed by atoms with Crippen molar-refractivity contribution in [3.8, 4) is 0 Å². The number of halogens is 2. The smallest absolute Gasteiger partial charge is 0.227 e. The van der Waals surface area contributed by atoms with Gasteiger partial charge in [-0.2, -0.15) is 4.98 Å². The summed E-state index contributed by atoms with van der Waals surface area (Å²) in [5, 5.41) is 2.99. The zero-order chi connectivity index (χ0) is 16.6. The largest absolute Gasteiger partial charge is 0.354 e. The van der Waals surface area contributed by atoms with E-state index in [-0.39, 0.29) is 36.8 Å². The summed E-state index contributed by atoms with van der Waals surface area (Å²) in [5.41, 5.74) is 7.01. The molecule has 0 radical (unpaired) electrons. The van der Waals surface area contributed by atoms with Crippen LogP contribution in [0.5, 0.6) is 0 Å². The second-order valence-electron chi connectivity index (χ2n) is 6.91. The molecular weight excluding hydrogens is 363 g/mol. The fraction of sp³-hybridized carbons (Fsp3) is 0.688. The Morgan fingerprint density at radius 2 is 2.00 bits per heavy atom. The van der Waals surface area contributed by atoms with Gasteiger partial charge in [-0.05, 0) is 19.3 Å². The number of amides is 1. The van der Waals surface area contributed by atoms with Gasteiger partial charge in [-0.15, -0.1) is 24.8 Å². The second kappa shape index (κ2) is 8.87. The molecule has 1 saturated carbocycles. The molecule has 3 rings (SSSR count). The molecule has 9 heteroatoms. The first-order valence-electron chi connectivity index (χ1n) is 8.26. The van der Waals surface area contributed by atoms with Gasteiger partial charge in [-0.25, -0.2) is 4.98 Å². The molecule has 1 aliphatic carbocycles. The number of hydrogen-bond acceptors (Lipinski definition) is 6. The minimum Gasteiger partial charge on any atom is -0.354 e. The summed E-state index contributed by atoms with van der Waals surface area (Å²) < 4.78 is 0. The van der Waals surface area contributed by atoms with E-state index in [0.29, 0.717) is 12.0 Å². The lowest BCUT2D eigenvalue weighted by Crippen LogP contribution is -2.36. The molecule has 0 unspecified atom stereocenters. The molecule has 0 aromatic carbocycles. The van der Waals surface area contributed by atoms with Crippen molar-refractivity contribution in [1.82, 2.24) is 15.3 Å². The quantitative estimate of drug-likeness (QED) is 0.805. The lowest BCUT2D eigenvalue weighted by molar-refractivity contribution is -0.119. The Labute approximate surface area is 161 Å². The normalized spacial score (nSPS) is 24.6. The fourth-order valence-electron chi connectivity index (χ4n) is 3.29. The van der Waals surface area contributed by atoms with Crippen molar-refractivity contribution < 1.29 is 4.79 Å². The number of rotatable bonds is 4. The van der Waals surface area contributed by atoms with Gasteiger partial charge in [-0.3, -0.25) is 4.79 Å². The van der Waals surface area contributed by atoms with Crippen LogP contribution < -0.4 is 20.9 Å². The summed E-state index contributed by atoms with van der Waals surface area (Å²) in [6.07, 6.45) is 2.94. The van der Waals surface area contributed by atoms with E-state index in [9.17, 15) is 4.79 Å². The lowest BCUT2D eigenvalue weighted by atomic mass is 9.78. The van der Waals surface area contributed by atoms with Gasteiger partial charge in [0.1, 0.15) is 5.82 Å². The monoisotopic (exact) mass is 390 g/mol. The average Bonchev–Trinajstić information content (AvgIpc) is 2.91. The Kier molecular flexibility index (Phi) is 7.71. The third kappa shape index (κ3) is 5.09. The summed E-state index contributed by atoms with van der Waals surface area (Å²) in [6.45, 7) is 3.26. The molecule has 0 spiro atoms. The van der Waals surface area contributed by atoms with E-state index in [1.54, 1.807) is 6.92 Å². The molecule has 1 aromatic heterocycles. The highest BCUT2D eigenvalue weighted by molar-refractivity contribution is 5.85. The highest BCUT2D eigenvalue weighted by Gasteiger charge is 2.31. The molecule has 7 nitrogen and oxygen atoms in total. The topological polar surface area (TPSA) is 87.4 Å². The van der Waals surface area contributed by atoms with Crippen LogP contribution in [0.2, 0.25) is 0 Å². The van der Waals surface area contributed by atoms with Gasteiger partial charge >= 0.3 is 0 Å². The number of nitrogens with one attached hydrogen (secondary N) is 1. The van der Waals surface area contributed by atoms with E-state index in [4.69, 9.17) is 10.7 Å². The molecule has 2 fully saturated rings. The van der Waals surface area contributed by atoms with Gasteiger partial charge in [0.05, 0.1) is 5.69 Å². The summed E-state index contributed by atoms with van der Waals surface area (Å²) >= 11 is 0. The molecule has 1 amide bonds. The Balaban J connectivity index is 0.00000156. The van der Waals surface area contributed by atoms with Crippen LogP contribution in [0.3, 0.4) is 0 Å². The van der Waals surface area contributed by atoms with Gasteiger partial charge in [-0.1, -0.05) is 0 Å². The third-order valence-electron chi connectivity index (χ3n) is 4.63. The number of aromatic nitrogens is 2. The van der Waals surface area contributed by atoms with Crippen molar-refractivity contribution >= 4 is 42.5 Å². The first-order valence-corrected chi connectivity index (χ1v) is 8.26. The van der Waals surface area contributed by atoms with E-state index < -0.39 is 0 Å². The van der Waals surface area contributed by atoms with Crippen LogP contribution in [-0.4, -0.2) is 55.1 Å². The standard InChI is InChI=1S/C16H26N6O.2ClH/c1-10(23)18-13-4-5-22(9-13)15-8-14(11-6-12(17)7-11)19-16(20-15)21(2)3;;/h8,11-13H,4-7,9,17H2,1-3H3,(H,18,23);2*1H/t11?,12?,13-;;/m0../s1. The van der Waals surface area contributed by atoms with Gasteiger partial charge in [0.25, 0.3) is 0 Å². The van der Waals surface area contributed by atoms with Crippen LogP contribution in [0.15, 0.2) is 6.07 Å². The maximum absolute atomic E-state index is 11.2. The summed E-state index contributed by atoms with van der Waals surface area (Å²) in [6, 6.07) is 2.60. The maximum Gasteiger partial charge on any atom is 0.227 e. The number of nitrogens with two attached hydrogens (primary N) is 1. The van der Waals surface area contributed by atoms with Crippen molar-refractivity contribution in [2.45, 2.75) is 44.2 Å². The molecule has 2 heterocycles. The highest BCUT2D eigenvalue weighted by Crippen LogP contribution is 2.36. The summed E-state index contributed by atoms with van der Waals surface area (Å²) in [4.78, 5) is 24.8. The predicted octanol–water partition coefficient (Wildman–Crippen LogP) is 1.31. The first kappa shape index (κ1) is 21.7. The Bertz CT molecular complexity index is 594. The van der Waals surface area contributed by atoms with Crippen LogP contribution in [0.25, 0.3) is 0 Å². The van der Waals surface area contributed by atoms with E-state index in [2.05, 4.69) is 21.3 Å². The molecule has 3 N–H and O–H groups in total. The Hall–Kier alpha value is -1.31. The highest BCUT2D eigenvalue weighted by atomic mass is 35.5. The third-order valence-corrected chi connectivity index (χ3v) is 4.63. The second-order valence-corrected chi connectivity index (χ2v) is 6.91. The molecule has 1 aromatic rings. The SMILES string of the molecule is CC(=O)N[C@H]1CCN(c2cc(C3CC(N)C3)nc(N(C)C)n2)C1.Cl.Cl. The summed E-state index contributed by atoms with van der Waals surface area (Å²) in [7, 11) is 3.92. The van der Waals surface area contributed by atoms with Crippen molar-refractivity contribution in [2.24, 2.45) is 5.73 Å². The number of carbonyl (C=O) groups excluding carboxylic acids is 1. The Morgan fingerprint density at radius 3 is 2.56 bits per heavy atom. The van der Waals surface area contributed by atoms with Crippen molar-refractivity contribution in [3.63, 3.8) is 0 Å². The first-order chi connectivity index (χ1) is 10.9. The predicted molar refractivity (Wildman–Crippen MR) is 105 cm³/mol. The minimum absolute atomic E-state index is 0. The molecule has 1 aliphatic heterocycles. The molecule has 142 valence electrons. The number of anilines is 2. The van der Waals surface area contributed by atoms with Gasteiger partial charge < -0.3 is 20.9 Å². The van der Waals surface area contributed by atoms with E-state index in [1.165, 1.54) is 0 Å². The molecule has 1 atom stereocenters. The Morgan fingerprint density at radius 1 is 1.32 bits per heavy atom. The van der Waals surface area contributed by atoms with Crippen LogP contribution in [0.1, 0.15) is 37.8 Å². The summed E-state index contributed by atoms with van der Waals surface area (Å²) in [5.74, 6) is 2.16. The van der Waals surface area contributed by atoms with Crippen LogP contribution in [-0.2, 0) is 4.79 Å². The van der Waals surface area contributed by atoms with E-state index in [1.807, 2.05) is 19.0 Å². The molecule has 25 heavy (non-hydrogen) atoms. The van der Waals surface area contributed by atoms with Gasteiger partial charge in [0, 0.05) is 58.2 Å². The maximum atomic E-state index is 11.2. The number of carbonyl (C=O) groups is 1. The van der Waals surface area contributed by atoms with E-state index in [0.717, 1.165) is 49.8 Å². The molecule has 1 saturated heterocycles. The zero-order valence-electron chi connectivity index (χ0n) is 14.9. The van der Waals surface area contributed by atoms with Crippen LogP contribution in [0, 0.1) is 0 Å². The number of nitrogens with zero attached hydrogens (tertiary/aromatic N) is 4. The van der Waals surface area contributed by atoms with Crippen molar-refractivity contribution in [2.75, 3.05) is 37.0 Å². The molecular formula is C16H28Cl2N6O. The minimum atomic E-state index is 0. The van der Waals surface area contributed by atoms with Crippen molar-refractivity contribution in [3.05, 3.63) is 11.8 Å². The lowest BCUT2D eigenvalue weighted by Gasteiger charge is -2.33. The molecule has 0 bridgehead atoms. The van der Waals surface area contributed by atoms with Gasteiger partial charge in [0.2, 0.25) is 11.9 Å². The fourth-order valence-corrected chi connectivity index (χ4v) is 3.29. The zero-order valence-corrected chi connectivity index (χ0v) is 16.6. The average molecular weight is 391 g/mol.